The van der Waals surface area contributed by atoms with Crippen LogP contribution in [0.2, 0.25) is 5.02 Å². The summed E-state index contributed by atoms with van der Waals surface area (Å²) in [5.41, 5.74) is 6.31. The highest BCUT2D eigenvalue weighted by atomic mass is 35.5. The first-order valence-electron chi connectivity index (χ1n) is 4.66. The van der Waals surface area contributed by atoms with Crippen LogP contribution in [0.3, 0.4) is 0 Å². The number of hydrogen-bond acceptors (Lipinski definition) is 4. The number of nitrogens with zero attached hydrogens (tertiary/aromatic N) is 1. The zero-order chi connectivity index (χ0) is 11.3. The molecular weight excluding hydrogens is 216 g/mol. The molecular formula is C10H13ClN2O2. The van der Waals surface area contributed by atoms with E-state index in [0.29, 0.717) is 23.7 Å². The molecule has 0 amide bonds. The van der Waals surface area contributed by atoms with E-state index in [2.05, 4.69) is 4.98 Å². The van der Waals surface area contributed by atoms with Crippen molar-refractivity contribution in [1.29, 1.82) is 0 Å². The summed E-state index contributed by atoms with van der Waals surface area (Å²) in [7, 11) is 0. The Balaban J connectivity index is 2.58. The molecule has 0 aliphatic heterocycles. The van der Waals surface area contributed by atoms with Gasteiger partial charge in [0.05, 0.1) is 6.61 Å². The Bertz CT molecular complexity index is 344. The fourth-order valence-electron chi connectivity index (χ4n) is 1.12. The molecule has 1 unspecified atom stereocenters. The highest BCUT2D eigenvalue weighted by molar-refractivity contribution is 6.30. The highest BCUT2D eigenvalue weighted by Crippen LogP contribution is 2.09. The van der Waals surface area contributed by atoms with Gasteiger partial charge in [-0.15, -0.1) is 0 Å². The Morgan fingerprint density at radius 1 is 1.73 bits per heavy atom. The second-order valence-electron chi connectivity index (χ2n) is 3.03. The molecule has 1 heterocycles. The van der Waals surface area contributed by atoms with E-state index in [1.54, 1.807) is 25.3 Å². The molecule has 5 heteroatoms. The number of hydrogen-bond donors (Lipinski definition) is 1. The van der Waals surface area contributed by atoms with Crippen molar-refractivity contribution < 1.29 is 9.53 Å². The second kappa shape index (κ2) is 5.68. The lowest BCUT2D eigenvalue weighted by Gasteiger charge is -2.09. The minimum atomic E-state index is -0.684. The number of carbonyl (C=O) groups is 1. The zero-order valence-electron chi connectivity index (χ0n) is 8.44. The average Bonchev–Trinajstić information content (AvgIpc) is 2.18. The first kappa shape index (κ1) is 11.9. The van der Waals surface area contributed by atoms with Gasteiger partial charge in [0.1, 0.15) is 6.04 Å². The molecule has 1 aromatic rings. The first-order valence-corrected chi connectivity index (χ1v) is 5.04. The third-order valence-electron chi connectivity index (χ3n) is 1.80. The second-order valence-corrected chi connectivity index (χ2v) is 3.46. The summed E-state index contributed by atoms with van der Waals surface area (Å²) in [5.74, 6) is -0.417. The Labute approximate surface area is 93.4 Å². The monoisotopic (exact) mass is 228 g/mol. The molecule has 82 valence electrons. The molecule has 0 aliphatic carbocycles. The minimum absolute atomic E-state index is 0.329. The van der Waals surface area contributed by atoms with Crippen molar-refractivity contribution in [3.8, 4) is 0 Å². The van der Waals surface area contributed by atoms with Crippen LogP contribution in [-0.2, 0) is 16.0 Å². The predicted molar refractivity (Wildman–Crippen MR) is 57.6 cm³/mol. The summed E-state index contributed by atoms with van der Waals surface area (Å²) < 4.78 is 4.78. The first-order chi connectivity index (χ1) is 7.13. The van der Waals surface area contributed by atoms with Crippen LogP contribution in [0, 0.1) is 0 Å². The Morgan fingerprint density at radius 2 is 2.47 bits per heavy atom. The van der Waals surface area contributed by atoms with Crippen LogP contribution in [0.5, 0.6) is 0 Å². The standard InChI is InChI=1S/C10H13ClN2O2/c1-2-15-10(14)9(12)6-8-5-7(11)3-4-13-8/h3-5,9H,2,6,12H2,1H3. The van der Waals surface area contributed by atoms with Crippen LogP contribution in [0.15, 0.2) is 18.3 Å². The predicted octanol–water partition coefficient (Wildman–Crippen LogP) is 1.17. The molecule has 2 N–H and O–H groups in total. The van der Waals surface area contributed by atoms with Crippen molar-refractivity contribution in [2.45, 2.75) is 19.4 Å². The maximum absolute atomic E-state index is 11.2. The number of rotatable bonds is 4. The molecule has 0 saturated carbocycles. The Hall–Kier alpha value is -1.13. The SMILES string of the molecule is CCOC(=O)C(N)Cc1cc(Cl)ccn1. The van der Waals surface area contributed by atoms with Crippen LogP contribution in [0.4, 0.5) is 0 Å². The minimum Gasteiger partial charge on any atom is -0.465 e. The van der Waals surface area contributed by atoms with Crippen LogP contribution in [-0.4, -0.2) is 23.6 Å². The van der Waals surface area contributed by atoms with E-state index in [-0.39, 0.29) is 0 Å². The number of esters is 1. The van der Waals surface area contributed by atoms with Gasteiger partial charge in [0.25, 0.3) is 0 Å². The Kier molecular flexibility index (Phi) is 4.52. The van der Waals surface area contributed by atoms with E-state index in [1.807, 2.05) is 0 Å². The van der Waals surface area contributed by atoms with Gasteiger partial charge in [-0.05, 0) is 19.1 Å². The molecule has 4 nitrogen and oxygen atoms in total. The van der Waals surface area contributed by atoms with Gasteiger partial charge >= 0.3 is 5.97 Å². The summed E-state index contributed by atoms with van der Waals surface area (Å²) in [4.78, 5) is 15.3. The number of pyridine rings is 1. The lowest BCUT2D eigenvalue weighted by Crippen LogP contribution is -2.34. The highest BCUT2D eigenvalue weighted by Gasteiger charge is 2.15. The van der Waals surface area contributed by atoms with Gasteiger partial charge in [-0.1, -0.05) is 11.6 Å². The Morgan fingerprint density at radius 3 is 3.07 bits per heavy atom. The summed E-state index contributed by atoms with van der Waals surface area (Å²) in [6.45, 7) is 2.07. The van der Waals surface area contributed by atoms with Crippen molar-refractivity contribution >= 4 is 17.6 Å². The van der Waals surface area contributed by atoms with Gasteiger partial charge in [0.15, 0.2) is 0 Å². The van der Waals surface area contributed by atoms with Crippen LogP contribution < -0.4 is 5.73 Å². The molecule has 0 radical (unpaired) electrons. The third-order valence-corrected chi connectivity index (χ3v) is 2.03. The molecule has 0 spiro atoms. The van der Waals surface area contributed by atoms with E-state index in [0.717, 1.165) is 0 Å². The topological polar surface area (TPSA) is 65.2 Å². The molecule has 0 fully saturated rings. The normalized spacial score (nSPS) is 12.2. The quantitative estimate of drug-likeness (QED) is 0.786. The average molecular weight is 229 g/mol. The van der Waals surface area contributed by atoms with Crippen LogP contribution in [0.25, 0.3) is 0 Å². The maximum Gasteiger partial charge on any atom is 0.323 e. The van der Waals surface area contributed by atoms with Gasteiger partial charge in [-0.3, -0.25) is 9.78 Å². The van der Waals surface area contributed by atoms with Crippen molar-refractivity contribution in [1.82, 2.24) is 4.98 Å². The molecule has 0 saturated heterocycles. The summed E-state index contributed by atoms with van der Waals surface area (Å²) >= 11 is 5.77. The molecule has 0 bridgehead atoms. The lowest BCUT2D eigenvalue weighted by atomic mass is 10.1. The fourth-order valence-corrected chi connectivity index (χ4v) is 1.30. The number of ether oxygens (including phenoxy) is 1. The molecule has 1 atom stereocenters. The zero-order valence-corrected chi connectivity index (χ0v) is 9.20. The van der Waals surface area contributed by atoms with E-state index >= 15 is 0 Å². The molecule has 0 aliphatic rings. The van der Waals surface area contributed by atoms with Crippen LogP contribution in [0.1, 0.15) is 12.6 Å². The molecule has 1 rings (SSSR count). The van der Waals surface area contributed by atoms with Gasteiger partial charge in [-0.2, -0.15) is 0 Å². The molecule has 0 aromatic carbocycles. The maximum atomic E-state index is 11.2. The smallest absolute Gasteiger partial charge is 0.323 e. The number of nitrogens with two attached hydrogens (primary N) is 1. The number of carbonyl (C=O) groups excluding carboxylic acids is 1. The van der Waals surface area contributed by atoms with Crippen molar-refractivity contribution in [3.05, 3.63) is 29.0 Å². The largest absolute Gasteiger partial charge is 0.465 e. The van der Waals surface area contributed by atoms with Gasteiger partial charge < -0.3 is 10.5 Å². The van der Waals surface area contributed by atoms with E-state index in [9.17, 15) is 4.79 Å². The van der Waals surface area contributed by atoms with Gasteiger partial charge in [0, 0.05) is 23.3 Å². The molecule has 15 heavy (non-hydrogen) atoms. The summed E-state index contributed by atoms with van der Waals surface area (Å²) in [6, 6.07) is 2.66. The number of aromatic nitrogens is 1. The van der Waals surface area contributed by atoms with Crippen molar-refractivity contribution in [3.63, 3.8) is 0 Å². The van der Waals surface area contributed by atoms with Crippen molar-refractivity contribution in [2.75, 3.05) is 6.61 Å². The van der Waals surface area contributed by atoms with Gasteiger partial charge in [-0.25, -0.2) is 0 Å². The fraction of sp³-hybridized carbons (Fsp3) is 0.400. The van der Waals surface area contributed by atoms with Gasteiger partial charge in [0.2, 0.25) is 0 Å². The van der Waals surface area contributed by atoms with E-state index in [1.165, 1.54) is 0 Å². The van der Waals surface area contributed by atoms with Crippen LogP contribution >= 0.6 is 11.6 Å². The third kappa shape index (κ3) is 3.85. The number of halogens is 1. The van der Waals surface area contributed by atoms with Crippen molar-refractivity contribution in [2.24, 2.45) is 5.73 Å². The van der Waals surface area contributed by atoms with E-state index in [4.69, 9.17) is 22.1 Å². The summed E-state index contributed by atoms with van der Waals surface area (Å²) in [6.07, 6.45) is 1.91. The molecule has 1 aromatic heterocycles. The summed E-state index contributed by atoms with van der Waals surface area (Å²) in [5, 5.41) is 0.580. The van der Waals surface area contributed by atoms with E-state index < -0.39 is 12.0 Å². The lowest BCUT2D eigenvalue weighted by molar-refractivity contribution is -0.144.